The molecule has 3 rings (SSSR count). The second-order valence-electron chi connectivity index (χ2n) is 7.01. The monoisotopic (exact) mass is 438 g/mol. The fourth-order valence-corrected chi connectivity index (χ4v) is 3.67. The summed E-state index contributed by atoms with van der Waals surface area (Å²) in [5, 5.41) is 31.5. The van der Waals surface area contributed by atoms with Gasteiger partial charge in [-0.25, -0.2) is 0 Å². The maximum absolute atomic E-state index is 11.4. The highest BCUT2D eigenvalue weighted by Crippen LogP contribution is 2.37. The van der Waals surface area contributed by atoms with Crippen LogP contribution >= 0.6 is 0 Å². The van der Waals surface area contributed by atoms with Crippen LogP contribution in [0.2, 0.25) is 0 Å². The molecule has 168 valence electrons. The van der Waals surface area contributed by atoms with E-state index in [1.54, 1.807) is 38.5 Å². The Morgan fingerprint density at radius 1 is 0.906 bits per heavy atom. The van der Waals surface area contributed by atoms with E-state index in [0.717, 1.165) is 16.5 Å². The predicted octanol–water partition coefficient (Wildman–Crippen LogP) is 3.73. The predicted molar refractivity (Wildman–Crippen MR) is 125 cm³/mol. The number of hydrogen-bond donors (Lipinski definition) is 2. The highest BCUT2D eigenvalue weighted by Gasteiger charge is 2.16. The second-order valence-corrected chi connectivity index (χ2v) is 7.01. The summed E-state index contributed by atoms with van der Waals surface area (Å²) in [5.41, 5.74) is 2.35. The van der Waals surface area contributed by atoms with Crippen molar-refractivity contribution >= 4 is 34.3 Å². The molecule has 3 aromatic rings. The van der Waals surface area contributed by atoms with Crippen LogP contribution in [0.15, 0.2) is 48.5 Å². The van der Waals surface area contributed by atoms with Crippen molar-refractivity contribution in [1.29, 1.82) is 0 Å². The first-order valence-electron chi connectivity index (χ1n) is 10.1. The van der Waals surface area contributed by atoms with E-state index in [2.05, 4.69) is 0 Å². The van der Waals surface area contributed by atoms with E-state index >= 15 is 0 Å². The van der Waals surface area contributed by atoms with Crippen LogP contribution in [0.1, 0.15) is 11.1 Å². The molecule has 8 nitrogen and oxygen atoms in total. The first kappa shape index (κ1) is 23.1. The van der Waals surface area contributed by atoms with Crippen molar-refractivity contribution < 1.29 is 24.6 Å². The zero-order valence-corrected chi connectivity index (χ0v) is 18.0. The van der Waals surface area contributed by atoms with Crippen molar-refractivity contribution in [2.45, 2.75) is 0 Å². The van der Waals surface area contributed by atoms with Crippen LogP contribution in [0.4, 0.5) is 11.4 Å². The van der Waals surface area contributed by atoms with Gasteiger partial charge in [0.05, 0.1) is 43.4 Å². The minimum absolute atomic E-state index is 0.0641. The van der Waals surface area contributed by atoms with Gasteiger partial charge in [0, 0.05) is 30.8 Å². The number of nitro groups is 1. The van der Waals surface area contributed by atoms with Gasteiger partial charge in [-0.3, -0.25) is 10.1 Å². The third-order valence-corrected chi connectivity index (χ3v) is 5.19. The van der Waals surface area contributed by atoms with Crippen molar-refractivity contribution in [2.24, 2.45) is 0 Å². The largest absolute Gasteiger partial charge is 0.496 e. The molecule has 0 heterocycles. The SMILES string of the molecule is COc1cc(N(CCO)CCO)c(OC)cc1/C=C/c1ccc([N+](=O)[O-])c2ccccc12. The molecule has 0 fully saturated rings. The van der Waals surface area contributed by atoms with Crippen molar-refractivity contribution in [3.63, 3.8) is 0 Å². The van der Waals surface area contributed by atoms with Gasteiger partial charge in [0.2, 0.25) is 0 Å². The minimum Gasteiger partial charge on any atom is -0.496 e. The van der Waals surface area contributed by atoms with Gasteiger partial charge in [-0.05, 0) is 29.1 Å². The number of aliphatic hydroxyl groups is 2. The van der Waals surface area contributed by atoms with E-state index in [1.165, 1.54) is 6.07 Å². The lowest BCUT2D eigenvalue weighted by molar-refractivity contribution is -0.383. The normalized spacial score (nSPS) is 11.1. The van der Waals surface area contributed by atoms with Crippen LogP contribution in [-0.4, -0.2) is 55.7 Å². The number of rotatable bonds is 10. The van der Waals surface area contributed by atoms with Crippen LogP contribution < -0.4 is 14.4 Å². The summed E-state index contributed by atoms with van der Waals surface area (Å²) >= 11 is 0. The number of nitrogens with zero attached hydrogens (tertiary/aromatic N) is 2. The van der Waals surface area contributed by atoms with Gasteiger partial charge in [0.25, 0.3) is 5.69 Å². The number of ether oxygens (including phenoxy) is 2. The molecule has 0 aliphatic carbocycles. The molecule has 0 atom stereocenters. The molecule has 0 radical (unpaired) electrons. The first-order valence-corrected chi connectivity index (χ1v) is 10.1. The summed E-state index contributed by atoms with van der Waals surface area (Å²) < 4.78 is 11.1. The maximum Gasteiger partial charge on any atom is 0.277 e. The highest BCUT2D eigenvalue weighted by atomic mass is 16.6. The third-order valence-electron chi connectivity index (χ3n) is 5.19. The van der Waals surface area contributed by atoms with Crippen molar-refractivity contribution in [3.05, 3.63) is 69.8 Å². The van der Waals surface area contributed by atoms with E-state index in [1.807, 2.05) is 35.3 Å². The Morgan fingerprint density at radius 2 is 1.53 bits per heavy atom. The summed E-state index contributed by atoms with van der Waals surface area (Å²) in [5.74, 6) is 1.16. The summed E-state index contributed by atoms with van der Waals surface area (Å²) in [4.78, 5) is 12.8. The zero-order chi connectivity index (χ0) is 23.1. The van der Waals surface area contributed by atoms with E-state index in [0.29, 0.717) is 35.7 Å². The van der Waals surface area contributed by atoms with Crippen molar-refractivity contribution in [2.75, 3.05) is 45.4 Å². The number of benzene rings is 3. The number of anilines is 1. The smallest absolute Gasteiger partial charge is 0.277 e. The van der Waals surface area contributed by atoms with Gasteiger partial charge in [0.15, 0.2) is 0 Å². The molecule has 8 heteroatoms. The van der Waals surface area contributed by atoms with Gasteiger partial charge in [-0.15, -0.1) is 0 Å². The molecule has 0 saturated carbocycles. The van der Waals surface area contributed by atoms with Crippen molar-refractivity contribution in [3.8, 4) is 11.5 Å². The molecule has 0 unspecified atom stereocenters. The van der Waals surface area contributed by atoms with Gasteiger partial charge in [-0.2, -0.15) is 0 Å². The minimum atomic E-state index is -0.382. The molecule has 0 spiro atoms. The van der Waals surface area contributed by atoms with E-state index in [4.69, 9.17) is 9.47 Å². The quantitative estimate of drug-likeness (QED) is 0.282. The standard InChI is InChI=1S/C24H26N2O6/c1-31-23-16-22(25(11-13-27)12-14-28)24(32-2)15-18(23)8-7-17-9-10-21(26(29)30)20-6-4-3-5-19(17)20/h3-10,15-16,27-28H,11-14H2,1-2H3/b8-7+. The molecular formula is C24H26N2O6. The average Bonchev–Trinajstić information content (AvgIpc) is 2.81. The summed E-state index contributed by atoms with van der Waals surface area (Å²) in [6.07, 6.45) is 3.74. The number of nitro benzene ring substituents is 1. The molecule has 0 amide bonds. The van der Waals surface area contributed by atoms with Crippen LogP contribution in [0.25, 0.3) is 22.9 Å². The lowest BCUT2D eigenvalue weighted by atomic mass is 10.0. The Bertz CT molecular complexity index is 1120. The Hall–Kier alpha value is -3.62. The second kappa shape index (κ2) is 10.6. The molecule has 0 aromatic heterocycles. The summed E-state index contributed by atoms with van der Waals surface area (Å²) in [6.45, 7) is 0.536. The van der Waals surface area contributed by atoms with Gasteiger partial charge < -0.3 is 24.6 Å². The molecule has 2 N–H and O–H groups in total. The van der Waals surface area contributed by atoms with E-state index in [-0.39, 0.29) is 23.8 Å². The number of non-ortho nitro benzene ring substituents is 1. The zero-order valence-electron chi connectivity index (χ0n) is 18.0. The molecule has 0 aliphatic rings. The lowest BCUT2D eigenvalue weighted by Gasteiger charge is -2.26. The van der Waals surface area contributed by atoms with Gasteiger partial charge >= 0.3 is 0 Å². The summed E-state index contributed by atoms with van der Waals surface area (Å²) in [7, 11) is 3.12. The Kier molecular flexibility index (Phi) is 7.64. The Morgan fingerprint density at radius 3 is 2.12 bits per heavy atom. The fourth-order valence-electron chi connectivity index (χ4n) is 3.67. The molecule has 0 saturated heterocycles. The molecule has 3 aromatic carbocycles. The number of fused-ring (bicyclic) bond motifs is 1. The van der Waals surface area contributed by atoms with E-state index in [9.17, 15) is 20.3 Å². The number of methoxy groups -OCH3 is 2. The van der Waals surface area contributed by atoms with E-state index < -0.39 is 0 Å². The number of hydrogen-bond acceptors (Lipinski definition) is 7. The van der Waals surface area contributed by atoms with Crippen molar-refractivity contribution in [1.82, 2.24) is 0 Å². The highest BCUT2D eigenvalue weighted by molar-refractivity contribution is 5.98. The Balaban J connectivity index is 2.06. The third kappa shape index (κ3) is 4.82. The average molecular weight is 438 g/mol. The first-order chi connectivity index (χ1) is 15.5. The molecule has 32 heavy (non-hydrogen) atoms. The number of aliphatic hydroxyl groups excluding tert-OH is 2. The molecular weight excluding hydrogens is 412 g/mol. The Labute approximate surface area is 186 Å². The van der Waals surface area contributed by atoms with Gasteiger partial charge in [0.1, 0.15) is 11.5 Å². The topological polar surface area (TPSA) is 105 Å². The summed E-state index contributed by atoms with van der Waals surface area (Å²) in [6, 6.07) is 14.1. The fraction of sp³-hybridized carbons (Fsp3) is 0.250. The lowest BCUT2D eigenvalue weighted by Crippen LogP contribution is -2.30. The van der Waals surface area contributed by atoms with Crippen LogP contribution in [0.3, 0.4) is 0 Å². The molecule has 0 aliphatic heterocycles. The maximum atomic E-state index is 11.4. The van der Waals surface area contributed by atoms with Crippen LogP contribution in [0, 0.1) is 10.1 Å². The van der Waals surface area contributed by atoms with Crippen LogP contribution in [-0.2, 0) is 0 Å². The van der Waals surface area contributed by atoms with Crippen LogP contribution in [0.5, 0.6) is 11.5 Å². The molecule has 0 bridgehead atoms. The van der Waals surface area contributed by atoms with Gasteiger partial charge in [-0.1, -0.05) is 30.4 Å².